The Labute approximate surface area is 242 Å². The van der Waals surface area contributed by atoms with E-state index in [2.05, 4.69) is 25.9 Å². The lowest BCUT2D eigenvalue weighted by atomic mass is 9.61. The first kappa shape index (κ1) is 26.8. The van der Waals surface area contributed by atoms with Gasteiger partial charge in [0.05, 0.1) is 49.5 Å². The number of ketones is 1. The minimum absolute atomic E-state index is 0.0488. The molecule has 4 aromatic rings. The van der Waals surface area contributed by atoms with Crippen LogP contribution in [0.3, 0.4) is 0 Å². The predicted molar refractivity (Wildman–Crippen MR) is 153 cm³/mol. The molecule has 0 amide bonds. The Bertz CT molecular complexity index is 1840. The molecule has 0 aliphatic heterocycles. The van der Waals surface area contributed by atoms with Crippen molar-refractivity contribution in [2.75, 3.05) is 0 Å². The van der Waals surface area contributed by atoms with Gasteiger partial charge >= 0.3 is 0 Å². The summed E-state index contributed by atoms with van der Waals surface area (Å²) in [6.07, 6.45) is 13.4. The Balaban J connectivity index is 1.32. The molecule has 0 radical (unpaired) electrons. The van der Waals surface area contributed by atoms with E-state index in [4.69, 9.17) is 0 Å². The van der Waals surface area contributed by atoms with Crippen molar-refractivity contribution in [3.63, 3.8) is 0 Å². The van der Waals surface area contributed by atoms with Gasteiger partial charge in [-0.2, -0.15) is 9.49 Å². The number of fused-ring (bicyclic) bond motifs is 2. The van der Waals surface area contributed by atoms with Crippen molar-refractivity contribution < 1.29 is 17.8 Å². The number of carbonyl (C=O) groups is 1. The average molecular weight is 590 g/mol. The molecule has 9 nitrogen and oxygen atoms in total. The van der Waals surface area contributed by atoms with E-state index in [0.29, 0.717) is 35.5 Å². The smallest absolute Gasteiger partial charge is 0.212 e. The van der Waals surface area contributed by atoms with Gasteiger partial charge in [-0.1, -0.05) is 5.57 Å². The summed E-state index contributed by atoms with van der Waals surface area (Å²) in [5.74, 6) is 2.80. The molecule has 4 heterocycles. The van der Waals surface area contributed by atoms with Gasteiger partial charge in [-0.3, -0.25) is 19.0 Å². The molecular weight excluding hydrogens is 560 g/mol. The van der Waals surface area contributed by atoms with Gasteiger partial charge in [0.15, 0.2) is 5.78 Å². The third-order valence-electron chi connectivity index (χ3n) is 8.65. The second-order valence-electron chi connectivity index (χ2n) is 11.4. The second-order valence-corrected chi connectivity index (χ2v) is 13.6. The van der Waals surface area contributed by atoms with Crippen LogP contribution in [0.2, 0.25) is 0 Å². The van der Waals surface area contributed by atoms with E-state index in [1.54, 1.807) is 36.5 Å². The Morgan fingerprint density at radius 2 is 1.95 bits per heavy atom. The molecule has 216 valence electrons. The lowest BCUT2D eigenvalue weighted by molar-refractivity contribution is 0.0734. The van der Waals surface area contributed by atoms with Gasteiger partial charge in [0.2, 0.25) is 5.95 Å². The van der Waals surface area contributed by atoms with Crippen LogP contribution in [0.1, 0.15) is 54.0 Å². The van der Waals surface area contributed by atoms with Crippen LogP contribution in [0, 0.1) is 17.2 Å². The highest BCUT2D eigenvalue weighted by atomic mass is 32.2. The fourth-order valence-electron chi connectivity index (χ4n) is 6.55. The largest absolute Gasteiger partial charge is 0.298 e. The van der Waals surface area contributed by atoms with Crippen molar-refractivity contribution in [3.8, 4) is 5.69 Å². The minimum Gasteiger partial charge on any atom is -0.298 e. The first-order valence-electron chi connectivity index (χ1n) is 13.9. The number of carbonyl (C=O) groups excluding carboxylic acids is 1. The Kier molecular flexibility index (Phi) is 6.24. The van der Waals surface area contributed by atoms with Gasteiger partial charge in [-0.05, 0) is 62.2 Å². The molecule has 0 bridgehead atoms. The highest BCUT2D eigenvalue weighted by Gasteiger charge is 2.53. The number of aromatic nitrogens is 6. The number of rotatable bonds is 7. The van der Waals surface area contributed by atoms with Crippen molar-refractivity contribution in [2.45, 2.75) is 55.5 Å². The van der Waals surface area contributed by atoms with E-state index in [1.165, 1.54) is 30.6 Å². The maximum absolute atomic E-state index is 14.4. The molecule has 2 fully saturated rings. The molecule has 2 saturated carbocycles. The fraction of sp³-hybridized carbons (Fsp3) is 0.333. The third-order valence-corrected chi connectivity index (χ3v) is 10.9. The van der Waals surface area contributed by atoms with Crippen molar-refractivity contribution in [1.82, 2.24) is 33.6 Å². The van der Waals surface area contributed by atoms with Crippen LogP contribution < -0.4 is 0 Å². The molecule has 4 aromatic heterocycles. The van der Waals surface area contributed by atoms with Gasteiger partial charge in [0.25, 0.3) is 0 Å². The zero-order chi connectivity index (χ0) is 29.2. The van der Waals surface area contributed by atoms with E-state index in [1.807, 2.05) is 14.9 Å². The van der Waals surface area contributed by atoms with Crippen LogP contribution in [-0.4, -0.2) is 61.6 Å². The summed E-state index contributed by atoms with van der Waals surface area (Å²) in [4.78, 5) is 27.7. The van der Waals surface area contributed by atoms with Crippen molar-refractivity contribution >= 4 is 27.4 Å². The highest BCUT2D eigenvalue weighted by molar-refractivity contribution is 7.98. The van der Waals surface area contributed by atoms with E-state index in [-0.39, 0.29) is 30.0 Å². The Morgan fingerprint density at radius 3 is 2.64 bits per heavy atom. The van der Waals surface area contributed by atoms with Crippen LogP contribution in [0.15, 0.2) is 65.8 Å². The van der Waals surface area contributed by atoms with E-state index in [0.717, 1.165) is 24.1 Å². The summed E-state index contributed by atoms with van der Waals surface area (Å²) in [5, 5.41) is 4.23. The molecule has 0 N–H and O–H groups in total. The molecule has 3 atom stereocenters. The summed E-state index contributed by atoms with van der Waals surface area (Å²) in [7, 11) is -1.11. The minimum atomic E-state index is -2.89. The maximum Gasteiger partial charge on any atom is 0.212 e. The molecule has 3 aliphatic rings. The quantitative estimate of drug-likeness (QED) is 0.182. The number of aryl methyl sites for hydroxylation is 1. The van der Waals surface area contributed by atoms with Crippen LogP contribution in [0.5, 0.6) is 0 Å². The van der Waals surface area contributed by atoms with Gasteiger partial charge in [-0.25, -0.2) is 22.9 Å². The Hall–Kier alpha value is -4.03. The number of allylic oxidation sites excluding steroid dienone is 1. The number of nitrogens with zero attached hydrogens (tertiary/aromatic N) is 7. The predicted octanol–water partition coefficient (Wildman–Crippen LogP) is 4.19. The summed E-state index contributed by atoms with van der Waals surface area (Å²) >= 11 is 0. The second kappa shape index (κ2) is 9.77. The van der Waals surface area contributed by atoms with Crippen molar-refractivity contribution in [1.29, 1.82) is 0 Å². The fourth-order valence-corrected chi connectivity index (χ4v) is 8.67. The third kappa shape index (κ3) is 4.40. The SMILES string of the molecule is C=S(=O)(c1cnn(C)c1)N(C1CC1)[C@H]1CCC2=Cc3c(ncn3-c3ccc(F)nc3)C[C@]2(C(=O)c2cc(F)ccn2)C1. The maximum atomic E-state index is 14.4. The summed E-state index contributed by atoms with van der Waals surface area (Å²) in [6.45, 7) is 0. The molecule has 3 aliphatic carbocycles. The van der Waals surface area contributed by atoms with Crippen LogP contribution >= 0.6 is 0 Å². The van der Waals surface area contributed by atoms with Gasteiger partial charge in [0, 0.05) is 44.0 Å². The summed E-state index contributed by atoms with van der Waals surface area (Å²) in [5.41, 5.74) is 2.01. The zero-order valence-corrected chi connectivity index (χ0v) is 23.8. The van der Waals surface area contributed by atoms with Gasteiger partial charge in [0.1, 0.15) is 17.8 Å². The van der Waals surface area contributed by atoms with Gasteiger partial charge in [-0.15, -0.1) is 0 Å². The molecule has 0 aromatic carbocycles. The van der Waals surface area contributed by atoms with Gasteiger partial charge < -0.3 is 0 Å². The zero-order valence-electron chi connectivity index (χ0n) is 23.0. The summed E-state index contributed by atoms with van der Waals surface area (Å²) in [6, 6.07) is 5.18. The van der Waals surface area contributed by atoms with E-state index >= 15 is 0 Å². The van der Waals surface area contributed by atoms with Crippen LogP contribution in [-0.2, 0) is 23.2 Å². The van der Waals surface area contributed by atoms with E-state index in [9.17, 15) is 17.8 Å². The highest BCUT2D eigenvalue weighted by Crippen LogP contribution is 2.52. The van der Waals surface area contributed by atoms with Crippen LogP contribution in [0.25, 0.3) is 11.8 Å². The molecule has 0 spiro atoms. The molecule has 7 rings (SSSR count). The first-order chi connectivity index (χ1) is 20.2. The van der Waals surface area contributed by atoms with E-state index < -0.39 is 26.9 Å². The lowest BCUT2D eigenvalue weighted by Gasteiger charge is -2.47. The lowest BCUT2D eigenvalue weighted by Crippen LogP contribution is -2.51. The number of halogens is 2. The average Bonchev–Trinajstić information content (AvgIpc) is 3.55. The normalized spacial score (nSPS) is 23.1. The van der Waals surface area contributed by atoms with Crippen LogP contribution in [0.4, 0.5) is 8.78 Å². The first-order valence-corrected chi connectivity index (χ1v) is 15.5. The van der Waals surface area contributed by atoms with Crippen molar-refractivity contribution in [3.05, 3.63) is 89.8 Å². The number of hydrogen-bond donors (Lipinski definition) is 0. The molecule has 1 unspecified atom stereocenters. The molecule has 0 saturated heterocycles. The topological polar surface area (TPSA) is 98.8 Å². The molecule has 12 heteroatoms. The molecule has 42 heavy (non-hydrogen) atoms. The summed E-state index contributed by atoms with van der Waals surface area (Å²) < 4.78 is 47.7. The monoisotopic (exact) mass is 589 g/mol. The standard InChI is InChI=1S/C30H29F2N7O2S/c1-37-17-24(16-36-37)42(2,41)39(21-5-6-21)22-4-3-19-11-27-26(35-18-38(27)23-7-8-28(32)34-15-23)14-30(19,13-22)29(40)25-12-20(31)9-10-33-25/h7-12,15-18,21-22H,2-6,13-14H2,1H3/t22-,30+,42?/m0/s1. The number of pyridine rings is 2. The molecular formula is C30H29F2N7O2S. The number of Topliss-reactive ketones (excluding diaryl/α,β-unsaturated/α-hetero) is 1. The Morgan fingerprint density at radius 1 is 1.12 bits per heavy atom. The van der Waals surface area contributed by atoms with Crippen molar-refractivity contribution in [2.24, 2.45) is 12.5 Å². The number of hydrogen-bond acceptors (Lipinski definition) is 6. The number of imidazole rings is 1.